The molecule has 0 spiro atoms. The third kappa shape index (κ3) is 3.87. The molecule has 0 amide bonds. The van der Waals surface area contributed by atoms with Crippen LogP contribution in [0.3, 0.4) is 0 Å². The zero-order chi connectivity index (χ0) is 14.8. The Hall–Kier alpha value is -0.860. The smallest absolute Gasteiger partial charge is 0.0239 e. The Labute approximate surface area is 129 Å². The van der Waals surface area contributed by atoms with Crippen LogP contribution in [0.5, 0.6) is 0 Å². The number of rotatable bonds is 5. The van der Waals surface area contributed by atoms with Crippen LogP contribution in [0.25, 0.3) is 0 Å². The van der Waals surface area contributed by atoms with Crippen molar-refractivity contribution < 1.29 is 0 Å². The van der Waals surface area contributed by atoms with Crippen molar-refractivity contribution in [2.24, 2.45) is 5.92 Å². The normalized spacial score (nSPS) is 20.2. The minimum atomic E-state index is 0.862. The van der Waals surface area contributed by atoms with Gasteiger partial charge in [0, 0.05) is 19.1 Å². The van der Waals surface area contributed by atoms with E-state index in [1.807, 2.05) is 0 Å². The summed E-state index contributed by atoms with van der Waals surface area (Å²) in [5.74, 6) is 0.902. The van der Waals surface area contributed by atoms with Crippen LogP contribution in [0.2, 0.25) is 0 Å². The summed E-state index contributed by atoms with van der Waals surface area (Å²) in [6, 6.07) is 5.64. The molecule has 0 unspecified atom stereocenters. The molecule has 0 aromatic heterocycles. The van der Waals surface area contributed by atoms with Crippen LogP contribution in [-0.2, 0) is 6.54 Å². The molecule has 1 heterocycles. The van der Waals surface area contributed by atoms with E-state index in [1.165, 1.54) is 62.0 Å². The molecule has 21 heavy (non-hydrogen) atoms. The average molecular weight is 286 g/mol. The van der Waals surface area contributed by atoms with Gasteiger partial charge in [0.1, 0.15) is 0 Å². The number of aryl methyl sites for hydroxylation is 3. The van der Waals surface area contributed by atoms with Gasteiger partial charge in [0.2, 0.25) is 0 Å². The molecular formula is C19H30N2. The number of nitrogens with zero attached hydrogens (tertiary/aromatic N) is 1. The molecule has 1 aliphatic carbocycles. The summed E-state index contributed by atoms with van der Waals surface area (Å²) in [7, 11) is 0. The maximum Gasteiger partial charge on any atom is 0.0239 e. The van der Waals surface area contributed by atoms with Crippen molar-refractivity contribution in [1.29, 1.82) is 0 Å². The summed E-state index contributed by atoms with van der Waals surface area (Å²) in [6.45, 7) is 11.6. The van der Waals surface area contributed by atoms with Crippen molar-refractivity contribution in [2.45, 2.75) is 59.0 Å². The lowest BCUT2D eigenvalue weighted by molar-refractivity contribution is 0.190. The second-order valence-corrected chi connectivity index (χ2v) is 7.22. The van der Waals surface area contributed by atoms with Gasteiger partial charge in [0.25, 0.3) is 0 Å². The largest absolute Gasteiger partial charge is 0.317 e. The minimum absolute atomic E-state index is 0.862. The molecule has 116 valence electrons. The fraction of sp³-hybridized carbons (Fsp3) is 0.684. The fourth-order valence-corrected chi connectivity index (χ4v) is 3.59. The fourth-order valence-electron chi connectivity index (χ4n) is 3.59. The van der Waals surface area contributed by atoms with Crippen molar-refractivity contribution in [1.82, 2.24) is 10.2 Å². The molecule has 2 aliphatic rings. The lowest BCUT2D eigenvalue weighted by Gasteiger charge is -2.30. The molecule has 0 bridgehead atoms. The molecule has 2 heteroatoms. The molecule has 1 aromatic carbocycles. The second-order valence-electron chi connectivity index (χ2n) is 7.22. The van der Waals surface area contributed by atoms with E-state index in [0.29, 0.717) is 0 Å². The van der Waals surface area contributed by atoms with Crippen molar-refractivity contribution in [3.8, 4) is 0 Å². The van der Waals surface area contributed by atoms with Gasteiger partial charge in [0.05, 0.1) is 0 Å². The summed E-state index contributed by atoms with van der Waals surface area (Å²) >= 11 is 0. The van der Waals surface area contributed by atoms with Gasteiger partial charge in [0.15, 0.2) is 0 Å². The third-order valence-corrected chi connectivity index (χ3v) is 5.34. The van der Waals surface area contributed by atoms with E-state index >= 15 is 0 Å². The summed E-state index contributed by atoms with van der Waals surface area (Å²) < 4.78 is 0. The van der Waals surface area contributed by atoms with Crippen LogP contribution in [0.15, 0.2) is 12.1 Å². The van der Waals surface area contributed by atoms with Gasteiger partial charge in [-0.15, -0.1) is 0 Å². The topological polar surface area (TPSA) is 15.3 Å². The Balaban J connectivity index is 1.68. The van der Waals surface area contributed by atoms with E-state index < -0.39 is 0 Å². The lowest BCUT2D eigenvalue weighted by atomic mass is 9.96. The number of piperidine rings is 1. The number of hydrogen-bond acceptors (Lipinski definition) is 2. The van der Waals surface area contributed by atoms with Crippen LogP contribution < -0.4 is 5.32 Å². The zero-order valence-electron chi connectivity index (χ0n) is 13.9. The first-order valence-electron chi connectivity index (χ1n) is 8.65. The first kappa shape index (κ1) is 15.1. The highest BCUT2D eigenvalue weighted by atomic mass is 15.2. The second kappa shape index (κ2) is 6.50. The van der Waals surface area contributed by atoms with E-state index in [1.54, 1.807) is 5.56 Å². The van der Waals surface area contributed by atoms with Crippen LogP contribution in [-0.4, -0.2) is 30.6 Å². The number of nitrogens with one attached hydrogen (secondary N) is 1. The number of hydrogen-bond donors (Lipinski definition) is 1. The van der Waals surface area contributed by atoms with E-state index in [4.69, 9.17) is 0 Å². The molecule has 1 saturated carbocycles. The quantitative estimate of drug-likeness (QED) is 0.890. The molecule has 2 fully saturated rings. The van der Waals surface area contributed by atoms with Gasteiger partial charge in [-0.3, -0.25) is 4.90 Å². The van der Waals surface area contributed by atoms with E-state index in [-0.39, 0.29) is 0 Å². The highest BCUT2D eigenvalue weighted by Crippen LogP contribution is 2.31. The molecule has 1 N–H and O–H groups in total. The summed E-state index contributed by atoms with van der Waals surface area (Å²) in [4.78, 5) is 2.77. The molecule has 1 aliphatic heterocycles. The van der Waals surface area contributed by atoms with Gasteiger partial charge in [-0.05, 0) is 87.7 Å². The van der Waals surface area contributed by atoms with Gasteiger partial charge >= 0.3 is 0 Å². The SMILES string of the molecule is Cc1cc(C)c(CN(CC2CCNCC2)C2CC2)cc1C. The predicted molar refractivity (Wildman–Crippen MR) is 89.7 cm³/mol. The molecule has 0 radical (unpaired) electrons. The summed E-state index contributed by atoms with van der Waals surface area (Å²) in [6.07, 6.45) is 5.54. The van der Waals surface area contributed by atoms with Crippen molar-refractivity contribution in [2.75, 3.05) is 19.6 Å². The summed E-state index contributed by atoms with van der Waals surface area (Å²) in [5.41, 5.74) is 5.87. The van der Waals surface area contributed by atoms with E-state index in [2.05, 4.69) is 43.1 Å². The highest BCUT2D eigenvalue weighted by molar-refractivity contribution is 5.36. The summed E-state index contributed by atoms with van der Waals surface area (Å²) in [5, 5.41) is 3.49. The van der Waals surface area contributed by atoms with Gasteiger partial charge in [-0.1, -0.05) is 12.1 Å². The standard InChI is InChI=1S/C19H30N2/c1-14-10-16(3)18(11-15(14)2)13-21(19-4-5-19)12-17-6-8-20-9-7-17/h10-11,17,19-20H,4-9,12-13H2,1-3H3. The Kier molecular flexibility index (Phi) is 4.66. The molecule has 1 saturated heterocycles. The van der Waals surface area contributed by atoms with Crippen LogP contribution in [0.1, 0.15) is 47.9 Å². The predicted octanol–water partition coefficient (Wildman–Crippen LogP) is 3.58. The van der Waals surface area contributed by atoms with Crippen molar-refractivity contribution in [3.63, 3.8) is 0 Å². The number of benzene rings is 1. The van der Waals surface area contributed by atoms with Gasteiger partial charge in [-0.25, -0.2) is 0 Å². The van der Waals surface area contributed by atoms with Crippen LogP contribution in [0.4, 0.5) is 0 Å². The van der Waals surface area contributed by atoms with E-state index in [0.717, 1.165) is 18.5 Å². The Morgan fingerprint density at radius 2 is 1.62 bits per heavy atom. The Morgan fingerprint density at radius 3 is 2.29 bits per heavy atom. The Bertz CT molecular complexity index is 485. The van der Waals surface area contributed by atoms with Gasteiger partial charge < -0.3 is 5.32 Å². The molecular weight excluding hydrogens is 256 g/mol. The minimum Gasteiger partial charge on any atom is -0.317 e. The van der Waals surface area contributed by atoms with Gasteiger partial charge in [-0.2, -0.15) is 0 Å². The van der Waals surface area contributed by atoms with E-state index in [9.17, 15) is 0 Å². The van der Waals surface area contributed by atoms with Crippen molar-refractivity contribution >= 4 is 0 Å². The lowest BCUT2D eigenvalue weighted by Crippen LogP contribution is -2.37. The molecule has 1 aromatic rings. The monoisotopic (exact) mass is 286 g/mol. The first-order valence-corrected chi connectivity index (χ1v) is 8.65. The molecule has 3 rings (SSSR count). The van der Waals surface area contributed by atoms with Crippen LogP contribution in [0, 0.1) is 26.7 Å². The third-order valence-electron chi connectivity index (χ3n) is 5.34. The average Bonchev–Trinajstić information content (AvgIpc) is 3.29. The highest BCUT2D eigenvalue weighted by Gasteiger charge is 2.31. The Morgan fingerprint density at radius 1 is 0.952 bits per heavy atom. The van der Waals surface area contributed by atoms with Crippen LogP contribution >= 0.6 is 0 Å². The first-order chi connectivity index (χ1) is 10.1. The maximum atomic E-state index is 3.49. The van der Waals surface area contributed by atoms with Crippen molar-refractivity contribution in [3.05, 3.63) is 34.4 Å². The molecule has 2 nitrogen and oxygen atoms in total. The maximum absolute atomic E-state index is 3.49. The zero-order valence-corrected chi connectivity index (χ0v) is 13.9. The molecule has 0 atom stereocenters.